The van der Waals surface area contributed by atoms with Crippen LogP contribution >= 0.6 is 11.3 Å². The SMILES string of the molecule is CCNCc1csc(S(=O)(=O)N2CCCC(C)C2C)c1. The second-order valence-electron chi connectivity index (χ2n) is 5.53. The minimum absolute atomic E-state index is 0.0908. The Kier molecular flexibility index (Phi) is 5.23. The minimum atomic E-state index is -3.32. The number of hydrogen-bond donors (Lipinski definition) is 1. The molecular formula is C14H24N2O2S2. The lowest BCUT2D eigenvalue weighted by Crippen LogP contribution is -2.45. The molecule has 1 aromatic rings. The fourth-order valence-electron chi connectivity index (χ4n) is 2.60. The van der Waals surface area contributed by atoms with Gasteiger partial charge in [0.05, 0.1) is 0 Å². The normalized spacial score (nSPS) is 24.9. The highest BCUT2D eigenvalue weighted by Crippen LogP contribution is 2.31. The number of piperidine rings is 1. The van der Waals surface area contributed by atoms with Gasteiger partial charge in [0, 0.05) is 19.1 Å². The number of hydrogen-bond acceptors (Lipinski definition) is 4. The molecule has 0 aliphatic carbocycles. The molecule has 0 radical (unpaired) electrons. The van der Waals surface area contributed by atoms with Crippen molar-refractivity contribution in [1.29, 1.82) is 0 Å². The van der Waals surface area contributed by atoms with Crippen molar-refractivity contribution in [2.75, 3.05) is 13.1 Å². The largest absolute Gasteiger partial charge is 0.313 e. The van der Waals surface area contributed by atoms with Gasteiger partial charge in [-0.15, -0.1) is 11.3 Å². The highest BCUT2D eigenvalue weighted by Gasteiger charge is 2.35. The first-order chi connectivity index (χ1) is 9.46. The van der Waals surface area contributed by atoms with Gasteiger partial charge in [-0.05, 0) is 49.2 Å². The van der Waals surface area contributed by atoms with E-state index < -0.39 is 10.0 Å². The van der Waals surface area contributed by atoms with Gasteiger partial charge in [-0.3, -0.25) is 0 Å². The molecule has 1 aliphatic heterocycles. The quantitative estimate of drug-likeness (QED) is 0.908. The van der Waals surface area contributed by atoms with E-state index in [1.165, 1.54) is 11.3 Å². The second kappa shape index (κ2) is 6.56. The van der Waals surface area contributed by atoms with E-state index in [9.17, 15) is 8.42 Å². The van der Waals surface area contributed by atoms with Crippen molar-refractivity contribution in [3.05, 3.63) is 17.0 Å². The molecule has 0 saturated carbocycles. The second-order valence-corrected chi connectivity index (χ2v) is 8.56. The average Bonchev–Trinajstić information content (AvgIpc) is 2.89. The molecule has 4 nitrogen and oxygen atoms in total. The van der Waals surface area contributed by atoms with E-state index in [2.05, 4.69) is 12.2 Å². The summed E-state index contributed by atoms with van der Waals surface area (Å²) in [6.07, 6.45) is 2.07. The Morgan fingerprint density at radius 3 is 2.90 bits per heavy atom. The van der Waals surface area contributed by atoms with E-state index in [0.717, 1.165) is 31.5 Å². The lowest BCUT2D eigenvalue weighted by Gasteiger charge is -2.36. The lowest BCUT2D eigenvalue weighted by atomic mass is 9.94. The molecule has 1 aromatic heterocycles. The Morgan fingerprint density at radius 1 is 1.45 bits per heavy atom. The molecule has 0 bridgehead atoms. The Hall–Kier alpha value is -0.430. The van der Waals surface area contributed by atoms with Crippen molar-refractivity contribution >= 4 is 21.4 Å². The Bertz CT molecular complexity index is 539. The summed E-state index contributed by atoms with van der Waals surface area (Å²) in [4.78, 5) is 0. The van der Waals surface area contributed by atoms with Gasteiger partial charge >= 0.3 is 0 Å². The number of thiophene rings is 1. The summed E-state index contributed by atoms with van der Waals surface area (Å²) in [6.45, 7) is 8.47. The molecule has 0 spiro atoms. The molecule has 2 atom stereocenters. The third-order valence-electron chi connectivity index (χ3n) is 4.09. The molecule has 6 heteroatoms. The third-order valence-corrected chi connectivity index (χ3v) is 7.54. The van der Waals surface area contributed by atoms with Crippen molar-refractivity contribution in [3.8, 4) is 0 Å². The molecule has 2 unspecified atom stereocenters. The molecule has 114 valence electrons. The maximum absolute atomic E-state index is 12.7. The van der Waals surface area contributed by atoms with E-state index in [1.54, 1.807) is 4.31 Å². The maximum atomic E-state index is 12.7. The van der Waals surface area contributed by atoms with Gasteiger partial charge in [0.15, 0.2) is 0 Å². The molecule has 1 fully saturated rings. The summed E-state index contributed by atoms with van der Waals surface area (Å²) >= 11 is 1.33. The fourth-order valence-corrected chi connectivity index (χ4v) is 5.71. The van der Waals surface area contributed by atoms with E-state index in [4.69, 9.17) is 0 Å². The molecular weight excluding hydrogens is 292 g/mol. The lowest BCUT2D eigenvalue weighted by molar-refractivity contribution is 0.202. The van der Waals surface area contributed by atoms with E-state index in [1.807, 2.05) is 25.3 Å². The van der Waals surface area contributed by atoms with Gasteiger partial charge in [0.25, 0.3) is 10.0 Å². The summed E-state index contributed by atoms with van der Waals surface area (Å²) < 4.78 is 27.7. The number of rotatable bonds is 5. The molecule has 0 aromatic carbocycles. The van der Waals surface area contributed by atoms with Crippen LogP contribution in [0.3, 0.4) is 0 Å². The number of sulfonamides is 1. The van der Waals surface area contributed by atoms with Crippen LogP contribution < -0.4 is 5.32 Å². The maximum Gasteiger partial charge on any atom is 0.252 e. The zero-order valence-electron chi connectivity index (χ0n) is 12.4. The number of nitrogens with zero attached hydrogens (tertiary/aromatic N) is 1. The highest BCUT2D eigenvalue weighted by molar-refractivity contribution is 7.91. The van der Waals surface area contributed by atoms with E-state index in [-0.39, 0.29) is 6.04 Å². The van der Waals surface area contributed by atoms with Crippen LogP contribution in [0.2, 0.25) is 0 Å². The van der Waals surface area contributed by atoms with Crippen molar-refractivity contribution in [2.45, 2.75) is 50.4 Å². The van der Waals surface area contributed by atoms with Crippen LogP contribution in [0, 0.1) is 5.92 Å². The van der Waals surface area contributed by atoms with E-state index in [0.29, 0.717) is 16.7 Å². The smallest absolute Gasteiger partial charge is 0.252 e. The molecule has 20 heavy (non-hydrogen) atoms. The van der Waals surface area contributed by atoms with Crippen LogP contribution in [-0.2, 0) is 16.6 Å². The Morgan fingerprint density at radius 2 is 2.20 bits per heavy atom. The van der Waals surface area contributed by atoms with Crippen molar-refractivity contribution in [1.82, 2.24) is 9.62 Å². The van der Waals surface area contributed by atoms with Crippen molar-refractivity contribution < 1.29 is 8.42 Å². The average molecular weight is 316 g/mol. The molecule has 2 rings (SSSR count). The zero-order chi connectivity index (χ0) is 14.8. The summed E-state index contributed by atoms with van der Waals surface area (Å²) in [5, 5.41) is 5.16. The standard InChI is InChI=1S/C14H24N2O2S2/c1-4-15-9-13-8-14(19-10-13)20(17,18)16-7-5-6-11(2)12(16)3/h8,10-12,15H,4-7,9H2,1-3H3. The highest BCUT2D eigenvalue weighted by atomic mass is 32.2. The summed E-state index contributed by atoms with van der Waals surface area (Å²) in [6, 6.07) is 1.90. The monoisotopic (exact) mass is 316 g/mol. The van der Waals surface area contributed by atoms with Gasteiger partial charge in [-0.1, -0.05) is 13.8 Å². The first kappa shape index (κ1) is 15.9. The van der Waals surface area contributed by atoms with Gasteiger partial charge in [0.1, 0.15) is 4.21 Å². The minimum Gasteiger partial charge on any atom is -0.313 e. The van der Waals surface area contributed by atoms with Gasteiger partial charge in [-0.2, -0.15) is 4.31 Å². The Labute approximate surface area is 126 Å². The first-order valence-corrected chi connectivity index (χ1v) is 9.58. The van der Waals surface area contributed by atoms with Crippen LogP contribution in [-0.4, -0.2) is 31.9 Å². The first-order valence-electron chi connectivity index (χ1n) is 7.26. The van der Waals surface area contributed by atoms with Crippen LogP contribution in [0.1, 0.15) is 39.2 Å². The predicted octanol–water partition coefficient (Wildman–Crippen LogP) is 2.67. The third kappa shape index (κ3) is 3.24. The van der Waals surface area contributed by atoms with Crippen LogP contribution in [0.5, 0.6) is 0 Å². The molecule has 1 N–H and O–H groups in total. The summed E-state index contributed by atoms with van der Waals surface area (Å²) in [5.41, 5.74) is 1.05. The van der Waals surface area contributed by atoms with Gasteiger partial charge in [0.2, 0.25) is 0 Å². The molecule has 1 saturated heterocycles. The molecule has 2 heterocycles. The van der Waals surface area contributed by atoms with Gasteiger partial charge in [-0.25, -0.2) is 8.42 Å². The Balaban J connectivity index is 2.19. The van der Waals surface area contributed by atoms with Crippen LogP contribution in [0.15, 0.2) is 15.7 Å². The van der Waals surface area contributed by atoms with Crippen LogP contribution in [0.4, 0.5) is 0 Å². The van der Waals surface area contributed by atoms with Crippen molar-refractivity contribution in [2.24, 2.45) is 5.92 Å². The summed E-state index contributed by atoms with van der Waals surface area (Å²) in [5.74, 6) is 0.430. The van der Waals surface area contributed by atoms with Crippen LogP contribution in [0.25, 0.3) is 0 Å². The topological polar surface area (TPSA) is 49.4 Å². The van der Waals surface area contributed by atoms with E-state index >= 15 is 0 Å². The number of nitrogens with one attached hydrogen (secondary N) is 1. The zero-order valence-corrected chi connectivity index (χ0v) is 14.1. The molecule has 1 aliphatic rings. The predicted molar refractivity (Wildman–Crippen MR) is 83.5 cm³/mol. The summed E-state index contributed by atoms with van der Waals surface area (Å²) in [7, 11) is -3.32. The fraction of sp³-hybridized carbons (Fsp3) is 0.714. The molecule has 0 amide bonds. The van der Waals surface area contributed by atoms with Gasteiger partial charge < -0.3 is 5.32 Å². The van der Waals surface area contributed by atoms with Crippen molar-refractivity contribution in [3.63, 3.8) is 0 Å².